The molecular formula is C22H27ClN2O4. The summed E-state index contributed by atoms with van der Waals surface area (Å²) in [5.74, 6) is 0.786. The van der Waals surface area contributed by atoms with Crippen LogP contribution in [0.2, 0.25) is 0 Å². The van der Waals surface area contributed by atoms with Gasteiger partial charge in [0.05, 0.1) is 30.5 Å². The Bertz CT molecular complexity index is 786. The van der Waals surface area contributed by atoms with E-state index in [9.17, 15) is 9.90 Å². The first-order valence-corrected chi connectivity index (χ1v) is 9.89. The number of hydrogen-bond donors (Lipinski definition) is 1. The van der Waals surface area contributed by atoms with Gasteiger partial charge in [0.2, 0.25) is 0 Å². The summed E-state index contributed by atoms with van der Waals surface area (Å²) in [6.45, 7) is 4.30. The Morgan fingerprint density at radius 2 is 1.66 bits per heavy atom. The molecule has 0 aliphatic carbocycles. The van der Waals surface area contributed by atoms with Crippen LogP contribution in [0.15, 0.2) is 48.5 Å². The summed E-state index contributed by atoms with van der Waals surface area (Å²) in [5, 5.41) is 9.20. The van der Waals surface area contributed by atoms with E-state index in [4.69, 9.17) is 9.47 Å². The van der Waals surface area contributed by atoms with E-state index < -0.39 is 5.97 Å². The maximum absolute atomic E-state index is 11.2. The summed E-state index contributed by atoms with van der Waals surface area (Å²) in [4.78, 5) is 15.6. The van der Waals surface area contributed by atoms with Crippen molar-refractivity contribution in [2.24, 2.45) is 5.92 Å². The van der Waals surface area contributed by atoms with Crippen molar-refractivity contribution in [1.82, 2.24) is 4.90 Å². The molecule has 2 heterocycles. The summed E-state index contributed by atoms with van der Waals surface area (Å²) in [7, 11) is 0. The Hall–Kier alpha value is -2.28. The number of fused-ring (bicyclic) bond motifs is 2. The first-order chi connectivity index (χ1) is 13.7. The molecule has 6 nitrogen and oxygen atoms in total. The number of anilines is 2. The molecule has 2 aromatic carbocycles. The van der Waals surface area contributed by atoms with E-state index >= 15 is 0 Å². The molecule has 0 bridgehead atoms. The topological polar surface area (TPSA) is 62.2 Å². The molecule has 0 aromatic heterocycles. The Balaban J connectivity index is 0.00000240. The van der Waals surface area contributed by atoms with Crippen LogP contribution >= 0.6 is 12.4 Å². The highest BCUT2D eigenvalue weighted by atomic mass is 35.5. The van der Waals surface area contributed by atoms with Crippen molar-refractivity contribution < 1.29 is 19.4 Å². The number of likely N-dealkylation sites (tertiary alicyclic amines) is 1. The molecule has 4 rings (SSSR count). The standard InChI is InChI=1S/C22H26N2O4.ClH/c25-22(26)17-6-5-11-23(16-17)12-14-27-15-13-24-18-7-1-3-9-20(18)28-21-10-4-2-8-19(21)24;/h1-4,7-10,17H,5-6,11-16H2,(H,25,26);1H. The molecule has 1 atom stereocenters. The fourth-order valence-corrected chi connectivity index (χ4v) is 3.93. The molecule has 0 radical (unpaired) electrons. The number of aliphatic carboxylic acids is 1. The van der Waals surface area contributed by atoms with Gasteiger partial charge in [0.15, 0.2) is 11.5 Å². The molecule has 0 saturated carbocycles. The summed E-state index contributed by atoms with van der Waals surface area (Å²) in [6, 6.07) is 16.1. The van der Waals surface area contributed by atoms with Gasteiger partial charge < -0.3 is 24.4 Å². The van der Waals surface area contributed by atoms with E-state index in [1.54, 1.807) is 0 Å². The molecule has 7 heteroatoms. The SMILES string of the molecule is Cl.O=C(O)C1CCCN(CCOCCN2c3ccccc3Oc3ccccc32)C1. The molecule has 1 saturated heterocycles. The van der Waals surface area contributed by atoms with Crippen LogP contribution in [0, 0.1) is 5.92 Å². The second-order valence-electron chi connectivity index (χ2n) is 7.28. The minimum absolute atomic E-state index is 0. The Morgan fingerprint density at radius 3 is 2.31 bits per heavy atom. The maximum atomic E-state index is 11.2. The smallest absolute Gasteiger partial charge is 0.307 e. The average Bonchev–Trinajstić information content (AvgIpc) is 2.73. The van der Waals surface area contributed by atoms with Crippen molar-refractivity contribution in [2.75, 3.05) is 44.3 Å². The van der Waals surface area contributed by atoms with Gasteiger partial charge >= 0.3 is 5.97 Å². The van der Waals surface area contributed by atoms with Crippen LogP contribution in [0.5, 0.6) is 11.5 Å². The fraction of sp³-hybridized carbons (Fsp3) is 0.409. The second kappa shape index (κ2) is 9.96. The van der Waals surface area contributed by atoms with Crippen molar-refractivity contribution in [3.8, 4) is 11.5 Å². The molecule has 0 amide bonds. The number of benzene rings is 2. The highest BCUT2D eigenvalue weighted by Gasteiger charge is 2.25. The van der Waals surface area contributed by atoms with E-state index in [-0.39, 0.29) is 18.3 Å². The quantitative estimate of drug-likeness (QED) is 0.681. The highest BCUT2D eigenvalue weighted by Crippen LogP contribution is 2.45. The molecule has 1 unspecified atom stereocenters. The number of hydrogen-bond acceptors (Lipinski definition) is 5. The second-order valence-corrected chi connectivity index (χ2v) is 7.28. The van der Waals surface area contributed by atoms with E-state index in [1.165, 1.54) is 0 Å². The van der Waals surface area contributed by atoms with Gasteiger partial charge in [-0.3, -0.25) is 4.79 Å². The van der Waals surface area contributed by atoms with Crippen LogP contribution in [0.25, 0.3) is 0 Å². The first-order valence-electron chi connectivity index (χ1n) is 9.89. The third-order valence-electron chi connectivity index (χ3n) is 5.40. The lowest BCUT2D eigenvalue weighted by Gasteiger charge is -2.33. The number of carboxylic acid groups (broad SMARTS) is 1. The normalized spacial score (nSPS) is 18.2. The van der Waals surface area contributed by atoms with Gasteiger partial charge in [-0.25, -0.2) is 0 Å². The van der Waals surface area contributed by atoms with Crippen molar-refractivity contribution >= 4 is 29.8 Å². The number of piperidine rings is 1. The third-order valence-corrected chi connectivity index (χ3v) is 5.40. The third kappa shape index (κ3) is 5.01. The molecule has 0 spiro atoms. The molecule has 1 fully saturated rings. The molecule has 156 valence electrons. The van der Waals surface area contributed by atoms with E-state index in [2.05, 4.69) is 21.9 Å². The van der Waals surface area contributed by atoms with Crippen molar-refractivity contribution in [3.63, 3.8) is 0 Å². The van der Waals surface area contributed by atoms with Gasteiger partial charge in [0.1, 0.15) is 0 Å². The molecular weight excluding hydrogens is 392 g/mol. The Labute approximate surface area is 177 Å². The number of halogens is 1. The zero-order chi connectivity index (χ0) is 19.3. The number of carboxylic acids is 1. The predicted molar refractivity (Wildman–Crippen MR) is 115 cm³/mol. The van der Waals surface area contributed by atoms with Crippen LogP contribution < -0.4 is 9.64 Å². The van der Waals surface area contributed by atoms with Gasteiger partial charge in [-0.1, -0.05) is 24.3 Å². The van der Waals surface area contributed by atoms with Crippen LogP contribution in [-0.2, 0) is 9.53 Å². The summed E-state index contributed by atoms with van der Waals surface area (Å²) >= 11 is 0. The van der Waals surface area contributed by atoms with Crippen LogP contribution in [0.4, 0.5) is 11.4 Å². The molecule has 29 heavy (non-hydrogen) atoms. The monoisotopic (exact) mass is 418 g/mol. The summed E-state index contributed by atoms with van der Waals surface area (Å²) in [5.41, 5.74) is 2.09. The molecule has 1 N–H and O–H groups in total. The zero-order valence-electron chi connectivity index (χ0n) is 16.3. The number of nitrogens with zero attached hydrogens (tertiary/aromatic N) is 2. The van der Waals surface area contributed by atoms with Gasteiger partial charge in [-0.15, -0.1) is 12.4 Å². The van der Waals surface area contributed by atoms with E-state index in [0.29, 0.717) is 19.8 Å². The van der Waals surface area contributed by atoms with Gasteiger partial charge in [-0.05, 0) is 43.7 Å². The minimum atomic E-state index is -0.685. The van der Waals surface area contributed by atoms with Crippen LogP contribution in [-0.4, -0.2) is 55.4 Å². The summed E-state index contributed by atoms with van der Waals surface area (Å²) in [6.07, 6.45) is 1.72. The lowest BCUT2D eigenvalue weighted by molar-refractivity contribution is -0.143. The van der Waals surface area contributed by atoms with Crippen molar-refractivity contribution in [3.05, 3.63) is 48.5 Å². The first kappa shape index (κ1) is 21.4. The average molecular weight is 419 g/mol. The number of carbonyl (C=O) groups is 1. The maximum Gasteiger partial charge on any atom is 0.307 e. The highest BCUT2D eigenvalue weighted by molar-refractivity contribution is 5.85. The largest absolute Gasteiger partial charge is 0.481 e. The van der Waals surface area contributed by atoms with Gasteiger partial charge in [-0.2, -0.15) is 0 Å². The van der Waals surface area contributed by atoms with Crippen LogP contribution in [0.3, 0.4) is 0 Å². The van der Waals surface area contributed by atoms with Gasteiger partial charge in [0.25, 0.3) is 0 Å². The zero-order valence-corrected chi connectivity index (χ0v) is 17.1. The van der Waals surface area contributed by atoms with Crippen LogP contribution in [0.1, 0.15) is 12.8 Å². The Kier molecular flexibility index (Phi) is 7.36. The summed E-state index contributed by atoms with van der Waals surface area (Å²) < 4.78 is 11.9. The Morgan fingerprint density at radius 1 is 1.03 bits per heavy atom. The van der Waals surface area contributed by atoms with E-state index in [0.717, 1.165) is 55.3 Å². The lowest BCUT2D eigenvalue weighted by Crippen LogP contribution is -2.40. The molecule has 2 aliphatic heterocycles. The lowest BCUT2D eigenvalue weighted by atomic mass is 9.98. The molecule has 2 aliphatic rings. The van der Waals surface area contributed by atoms with Crippen molar-refractivity contribution in [1.29, 1.82) is 0 Å². The van der Waals surface area contributed by atoms with Crippen molar-refractivity contribution in [2.45, 2.75) is 12.8 Å². The number of ether oxygens (including phenoxy) is 2. The molecule has 2 aromatic rings. The minimum Gasteiger partial charge on any atom is -0.481 e. The van der Waals surface area contributed by atoms with Gasteiger partial charge in [0, 0.05) is 19.6 Å². The number of rotatable bonds is 7. The van der Waals surface area contributed by atoms with E-state index in [1.807, 2.05) is 36.4 Å². The predicted octanol–water partition coefficient (Wildman–Crippen LogP) is 4.17. The number of para-hydroxylation sites is 4. The fourth-order valence-electron chi connectivity index (χ4n) is 3.93.